The summed E-state index contributed by atoms with van der Waals surface area (Å²) < 4.78 is 29.8. The van der Waals surface area contributed by atoms with Crippen LogP contribution in [0.1, 0.15) is 27.7 Å². The van der Waals surface area contributed by atoms with Crippen LogP contribution in [0.3, 0.4) is 0 Å². The number of hydrogen-bond donors (Lipinski definition) is 2. The van der Waals surface area contributed by atoms with Gasteiger partial charge in [0.1, 0.15) is 11.4 Å². The summed E-state index contributed by atoms with van der Waals surface area (Å²) in [6.45, 7) is 6.62. The average Bonchev–Trinajstić information content (AvgIpc) is 2.28. The largest absolute Gasteiger partial charge is 0.444 e. The summed E-state index contributed by atoms with van der Waals surface area (Å²) in [5, 5.41) is 5.06. The highest BCUT2D eigenvalue weighted by Crippen LogP contribution is 2.14. The molecule has 1 heterocycles. The van der Waals surface area contributed by atoms with E-state index in [1.54, 1.807) is 26.8 Å². The molecule has 0 saturated carbocycles. The lowest BCUT2D eigenvalue weighted by atomic mass is 10.2. The SMILES string of the molecule is CC(Nc1ccc(NC(=O)OC(C)(C)C)nc1)C(F)F. The third kappa shape index (κ3) is 5.81. The molecule has 1 amide bonds. The number of hydrogen-bond acceptors (Lipinski definition) is 4. The molecule has 0 aromatic carbocycles. The summed E-state index contributed by atoms with van der Waals surface area (Å²) in [4.78, 5) is 15.4. The minimum Gasteiger partial charge on any atom is -0.444 e. The summed E-state index contributed by atoms with van der Waals surface area (Å²) >= 11 is 0. The van der Waals surface area contributed by atoms with Crippen molar-refractivity contribution in [1.29, 1.82) is 0 Å². The number of carbonyl (C=O) groups is 1. The number of aromatic nitrogens is 1. The van der Waals surface area contributed by atoms with Crippen LogP contribution in [0.15, 0.2) is 18.3 Å². The maximum atomic E-state index is 12.4. The molecule has 0 fully saturated rings. The maximum absolute atomic E-state index is 12.4. The Balaban J connectivity index is 2.57. The van der Waals surface area contributed by atoms with Crippen molar-refractivity contribution < 1.29 is 18.3 Å². The van der Waals surface area contributed by atoms with Gasteiger partial charge in [-0.15, -0.1) is 0 Å². The first kappa shape index (κ1) is 16.1. The van der Waals surface area contributed by atoms with Gasteiger partial charge in [0, 0.05) is 0 Å². The zero-order valence-electron chi connectivity index (χ0n) is 11.9. The van der Waals surface area contributed by atoms with Gasteiger partial charge in [0.25, 0.3) is 6.43 Å². The molecule has 1 unspecified atom stereocenters. The smallest absolute Gasteiger partial charge is 0.413 e. The number of rotatable bonds is 4. The number of anilines is 2. The summed E-state index contributed by atoms with van der Waals surface area (Å²) in [6.07, 6.45) is -1.72. The van der Waals surface area contributed by atoms with Gasteiger partial charge in [-0.3, -0.25) is 5.32 Å². The van der Waals surface area contributed by atoms with E-state index in [1.807, 2.05) is 0 Å². The van der Waals surface area contributed by atoms with Gasteiger partial charge in [0.15, 0.2) is 0 Å². The van der Waals surface area contributed by atoms with Crippen molar-refractivity contribution in [3.8, 4) is 0 Å². The first-order chi connectivity index (χ1) is 9.17. The van der Waals surface area contributed by atoms with Gasteiger partial charge in [-0.25, -0.2) is 18.6 Å². The Kier molecular flexibility index (Phi) is 5.24. The van der Waals surface area contributed by atoms with Crippen molar-refractivity contribution in [2.45, 2.75) is 45.8 Å². The number of amides is 1. The molecule has 0 saturated heterocycles. The number of nitrogens with one attached hydrogen (secondary N) is 2. The molecular formula is C13H19F2N3O2. The van der Waals surface area contributed by atoms with Gasteiger partial charge in [-0.1, -0.05) is 0 Å². The second-order valence-electron chi connectivity index (χ2n) is 5.33. The molecule has 0 aliphatic carbocycles. The van der Waals surface area contributed by atoms with E-state index in [4.69, 9.17) is 4.74 Å². The summed E-state index contributed by atoms with van der Waals surface area (Å²) in [7, 11) is 0. The van der Waals surface area contributed by atoms with E-state index in [9.17, 15) is 13.6 Å². The summed E-state index contributed by atoms with van der Waals surface area (Å²) in [5.74, 6) is 0.287. The summed E-state index contributed by atoms with van der Waals surface area (Å²) in [5.41, 5.74) is -0.148. The third-order valence-electron chi connectivity index (χ3n) is 2.16. The predicted octanol–water partition coefficient (Wildman–Crippen LogP) is 3.49. The summed E-state index contributed by atoms with van der Waals surface area (Å²) in [6, 6.07) is 2.09. The minimum atomic E-state index is -2.46. The van der Waals surface area contributed by atoms with Crippen molar-refractivity contribution >= 4 is 17.6 Å². The molecule has 0 spiro atoms. The van der Waals surface area contributed by atoms with Crippen molar-refractivity contribution in [3.63, 3.8) is 0 Å². The second-order valence-corrected chi connectivity index (χ2v) is 5.33. The molecule has 0 aliphatic rings. The van der Waals surface area contributed by atoms with Crippen LogP contribution in [0.4, 0.5) is 25.1 Å². The monoisotopic (exact) mass is 287 g/mol. The lowest BCUT2D eigenvalue weighted by molar-refractivity contribution is 0.0635. The zero-order valence-corrected chi connectivity index (χ0v) is 11.9. The number of alkyl halides is 2. The van der Waals surface area contributed by atoms with Crippen molar-refractivity contribution in [2.75, 3.05) is 10.6 Å². The number of nitrogens with zero attached hydrogens (tertiary/aromatic N) is 1. The molecule has 1 rings (SSSR count). The lowest BCUT2D eigenvalue weighted by Gasteiger charge is -2.19. The number of ether oxygens (including phenoxy) is 1. The molecule has 1 aromatic rings. The molecule has 1 atom stereocenters. The van der Waals surface area contributed by atoms with Gasteiger partial charge in [0.2, 0.25) is 0 Å². The molecule has 2 N–H and O–H groups in total. The van der Waals surface area contributed by atoms with E-state index in [2.05, 4.69) is 15.6 Å². The fraction of sp³-hybridized carbons (Fsp3) is 0.538. The van der Waals surface area contributed by atoms with Gasteiger partial charge in [0.05, 0.1) is 17.9 Å². The fourth-order valence-electron chi connectivity index (χ4n) is 1.29. The molecule has 0 bridgehead atoms. The van der Waals surface area contributed by atoms with Crippen molar-refractivity contribution in [2.24, 2.45) is 0 Å². The van der Waals surface area contributed by atoms with Crippen molar-refractivity contribution in [1.82, 2.24) is 4.98 Å². The van der Waals surface area contributed by atoms with Crippen LogP contribution in [0, 0.1) is 0 Å². The zero-order chi connectivity index (χ0) is 15.3. The van der Waals surface area contributed by atoms with Crippen LogP contribution in [-0.2, 0) is 4.74 Å². The normalized spacial score (nSPS) is 12.9. The molecule has 5 nitrogen and oxygen atoms in total. The Morgan fingerprint density at radius 2 is 2.00 bits per heavy atom. The van der Waals surface area contributed by atoms with Crippen LogP contribution in [0.2, 0.25) is 0 Å². The van der Waals surface area contributed by atoms with Crippen LogP contribution in [0.5, 0.6) is 0 Å². The first-order valence-corrected chi connectivity index (χ1v) is 6.18. The Morgan fingerprint density at radius 3 is 2.45 bits per heavy atom. The van der Waals surface area contributed by atoms with E-state index in [1.165, 1.54) is 19.2 Å². The van der Waals surface area contributed by atoms with E-state index in [0.717, 1.165) is 0 Å². The third-order valence-corrected chi connectivity index (χ3v) is 2.16. The Bertz CT molecular complexity index is 444. The van der Waals surface area contributed by atoms with Crippen LogP contribution in [-0.4, -0.2) is 29.1 Å². The number of halogens is 2. The first-order valence-electron chi connectivity index (χ1n) is 6.18. The van der Waals surface area contributed by atoms with Gasteiger partial charge in [-0.2, -0.15) is 0 Å². The van der Waals surface area contributed by atoms with Crippen LogP contribution in [0.25, 0.3) is 0 Å². The number of carbonyl (C=O) groups excluding carboxylic acids is 1. The standard InChI is InChI=1S/C13H19F2N3O2/c1-8(11(14)15)17-9-5-6-10(16-7-9)18-12(19)20-13(2,3)4/h5-8,11,17H,1-4H3,(H,16,18,19). The quantitative estimate of drug-likeness (QED) is 0.889. The molecular weight excluding hydrogens is 268 g/mol. The van der Waals surface area contributed by atoms with Gasteiger partial charge < -0.3 is 10.1 Å². The van der Waals surface area contributed by atoms with Gasteiger partial charge in [-0.05, 0) is 39.8 Å². The Morgan fingerprint density at radius 1 is 1.35 bits per heavy atom. The van der Waals surface area contributed by atoms with E-state index in [0.29, 0.717) is 5.69 Å². The average molecular weight is 287 g/mol. The topological polar surface area (TPSA) is 63.2 Å². The Labute approximate surface area is 116 Å². The highest BCUT2D eigenvalue weighted by atomic mass is 19.3. The van der Waals surface area contributed by atoms with Crippen molar-refractivity contribution in [3.05, 3.63) is 18.3 Å². The molecule has 0 radical (unpaired) electrons. The Hall–Kier alpha value is -1.92. The van der Waals surface area contributed by atoms with Crippen LogP contribution >= 0.6 is 0 Å². The van der Waals surface area contributed by atoms with Crippen LogP contribution < -0.4 is 10.6 Å². The predicted molar refractivity (Wildman–Crippen MR) is 73.2 cm³/mol. The molecule has 112 valence electrons. The van der Waals surface area contributed by atoms with E-state index < -0.39 is 24.2 Å². The second kappa shape index (κ2) is 6.49. The number of pyridine rings is 1. The van der Waals surface area contributed by atoms with E-state index >= 15 is 0 Å². The molecule has 0 aliphatic heterocycles. The lowest BCUT2D eigenvalue weighted by Crippen LogP contribution is -2.27. The van der Waals surface area contributed by atoms with Gasteiger partial charge >= 0.3 is 6.09 Å². The highest BCUT2D eigenvalue weighted by Gasteiger charge is 2.17. The van der Waals surface area contributed by atoms with E-state index in [-0.39, 0.29) is 5.82 Å². The molecule has 1 aromatic heterocycles. The fourth-order valence-corrected chi connectivity index (χ4v) is 1.29. The molecule has 7 heteroatoms. The highest BCUT2D eigenvalue weighted by molar-refractivity contribution is 5.83. The minimum absolute atomic E-state index is 0.287. The molecule has 20 heavy (non-hydrogen) atoms. The maximum Gasteiger partial charge on any atom is 0.413 e.